The average Bonchev–Trinajstić information content (AvgIpc) is 2.87. The Morgan fingerprint density at radius 1 is 1.03 bits per heavy atom. The van der Waals surface area contributed by atoms with E-state index in [0.717, 1.165) is 29.9 Å². The molecule has 0 heterocycles. The summed E-state index contributed by atoms with van der Waals surface area (Å²) in [5.74, 6) is 3.36. The lowest BCUT2D eigenvalue weighted by Crippen LogP contribution is -2.52. The van der Waals surface area contributed by atoms with Gasteiger partial charge in [-0.15, -0.1) is 0 Å². The lowest BCUT2D eigenvalue weighted by Gasteiger charge is -2.59. The number of unbranched alkanes of at least 4 members (excludes halogenated alkanes) is 2. The molecular formula is C34H54O4. The zero-order valence-corrected chi connectivity index (χ0v) is 26.1. The molecule has 1 aromatic rings. The van der Waals surface area contributed by atoms with Crippen molar-refractivity contribution in [2.75, 3.05) is 20.8 Å². The van der Waals surface area contributed by atoms with E-state index < -0.39 is 5.41 Å². The summed E-state index contributed by atoms with van der Waals surface area (Å²) in [5, 5.41) is 0. The molecule has 214 valence electrons. The van der Waals surface area contributed by atoms with Crippen LogP contribution in [0.2, 0.25) is 0 Å². The molecule has 1 fully saturated rings. The Hall–Kier alpha value is -1.97. The maximum atomic E-state index is 12.5. The van der Waals surface area contributed by atoms with Gasteiger partial charge in [0.05, 0.1) is 19.6 Å². The maximum Gasteiger partial charge on any atom is 0.311 e. The van der Waals surface area contributed by atoms with E-state index in [2.05, 4.69) is 59.8 Å². The van der Waals surface area contributed by atoms with Gasteiger partial charge in [-0.05, 0) is 85.5 Å². The number of hydrogen-bond donors (Lipinski definition) is 0. The summed E-state index contributed by atoms with van der Waals surface area (Å²) in [5.41, 5.74) is 3.28. The lowest BCUT2D eigenvalue weighted by molar-refractivity contribution is -0.152. The monoisotopic (exact) mass is 526 g/mol. The Balaban J connectivity index is 2.01. The highest BCUT2D eigenvalue weighted by atomic mass is 16.5. The minimum Gasteiger partial charge on any atom is -0.496 e. The Morgan fingerprint density at radius 2 is 1.63 bits per heavy atom. The minimum atomic E-state index is -0.506. The Bertz CT molecular complexity index is 985. The largest absolute Gasteiger partial charge is 0.496 e. The molecule has 1 saturated carbocycles. The second-order valence-corrected chi connectivity index (χ2v) is 13.9. The van der Waals surface area contributed by atoms with Gasteiger partial charge in [-0.3, -0.25) is 4.79 Å². The number of ether oxygens (including phenoxy) is 3. The van der Waals surface area contributed by atoms with Crippen LogP contribution in [-0.4, -0.2) is 26.8 Å². The molecule has 0 N–H and O–H groups in total. The SMILES string of the molecule is CCCCCC(CC)C(C)(C)c1cc(OC)c([C@H]2C=C(COC(=O)C(C)(C)C)[C@H]3C[C@@H]2C3(C)C)c(OC)c1. The zero-order chi connectivity index (χ0) is 28.5. The van der Waals surface area contributed by atoms with Gasteiger partial charge in [0.1, 0.15) is 18.1 Å². The van der Waals surface area contributed by atoms with Crippen LogP contribution in [0.5, 0.6) is 11.5 Å². The first kappa shape index (κ1) is 30.6. The van der Waals surface area contributed by atoms with Gasteiger partial charge >= 0.3 is 5.97 Å². The predicted molar refractivity (Wildman–Crippen MR) is 157 cm³/mol. The molecular weight excluding hydrogens is 472 g/mol. The van der Waals surface area contributed by atoms with Crippen LogP contribution in [0.25, 0.3) is 0 Å². The number of fused-ring (bicyclic) bond motifs is 1. The van der Waals surface area contributed by atoms with Gasteiger partial charge < -0.3 is 14.2 Å². The van der Waals surface area contributed by atoms with Crippen molar-refractivity contribution in [3.63, 3.8) is 0 Å². The van der Waals surface area contributed by atoms with Gasteiger partial charge in [-0.2, -0.15) is 0 Å². The molecule has 0 saturated heterocycles. The van der Waals surface area contributed by atoms with E-state index in [1.54, 1.807) is 14.2 Å². The summed E-state index contributed by atoms with van der Waals surface area (Å²) < 4.78 is 18.0. The summed E-state index contributed by atoms with van der Waals surface area (Å²) in [6.45, 7) is 20.1. The maximum absolute atomic E-state index is 12.5. The highest BCUT2D eigenvalue weighted by Crippen LogP contribution is 2.65. The van der Waals surface area contributed by atoms with Crippen LogP contribution in [-0.2, 0) is 14.9 Å². The molecule has 0 radical (unpaired) electrons. The van der Waals surface area contributed by atoms with Crippen molar-refractivity contribution in [1.29, 1.82) is 0 Å². The first-order valence-corrected chi connectivity index (χ1v) is 14.9. The first-order valence-electron chi connectivity index (χ1n) is 14.9. The van der Waals surface area contributed by atoms with Gasteiger partial charge in [0.2, 0.25) is 0 Å². The third-order valence-electron chi connectivity index (χ3n) is 9.89. The molecule has 0 spiro atoms. The third-order valence-corrected chi connectivity index (χ3v) is 9.89. The van der Waals surface area contributed by atoms with Gasteiger partial charge in [0, 0.05) is 11.5 Å². The molecule has 4 heteroatoms. The quantitative estimate of drug-likeness (QED) is 0.155. The summed E-state index contributed by atoms with van der Waals surface area (Å²) in [6.07, 6.45) is 9.66. The van der Waals surface area contributed by atoms with Crippen molar-refractivity contribution < 1.29 is 19.0 Å². The van der Waals surface area contributed by atoms with E-state index in [1.165, 1.54) is 36.8 Å². The molecule has 3 aliphatic rings. The number of methoxy groups -OCH3 is 2. The van der Waals surface area contributed by atoms with Crippen LogP contribution < -0.4 is 9.47 Å². The number of esters is 1. The summed E-state index contributed by atoms with van der Waals surface area (Å²) >= 11 is 0. The highest BCUT2D eigenvalue weighted by molar-refractivity contribution is 5.75. The van der Waals surface area contributed by atoms with Crippen LogP contribution in [0.15, 0.2) is 23.8 Å². The molecule has 1 aromatic carbocycles. The number of carbonyl (C=O) groups is 1. The molecule has 4 rings (SSSR count). The van der Waals surface area contributed by atoms with Crippen molar-refractivity contribution >= 4 is 5.97 Å². The summed E-state index contributed by atoms with van der Waals surface area (Å²) in [7, 11) is 3.56. The predicted octanol–water partition coefficient (Wildman–Crippen LogP) is 8.86. The number of rotatable bonds is 12. The van der Waals surface area contributed by atoms with Crippen molar-refractivity contribution in [2.24, 2.45) is 28.6 Å². The summed E-state index contributed by atoms with van der Waals surface area (Å²) in [4.78, 5) is 12.5. The van der Waals surface area contributed by atoms with Crippen LogP contribution in [0, 0.1) is 28.6 Å². The molecule has 4 nitrogen and oxygen atoms in total. The lowest BCUT2D eigenvalue weighted by atomic mass is 9.45. The van der Waals surface area contributed by atoms with Crippen LogP contribution in [0.3, 0.4) is 0 Å². The molecule has 2 bridgehead atoms. The van der Waals surface area contributed by atoms with Gasteiger partial charge in [-0.25, -0.2) is 0 Å². The molecule has 4 atom stereocenters. The number of benzene rings is 1. The van der Waals surface area contributed by atoms with Gasteiger partial charge in [-0.1, -0.05) is 73.3 Å². The van der Waals surface area contributed by atoms with Crippen molar-refractivity contribution in [3.05, 3.63) is 34.9 Å². The highest BCUT2D eigenvalue weighted by Gasteiger charge is 2.56. The van der Waals surface area contributed by atoms with Crippen LogP contribution in [0.1, 0.15) is 118 Å². The fraction of sp³-hybridized carbons (Fsp3) is 0.735. The van der Waals surface area contributed by atoms with E-state index in [-0.39, 0.29) is 22.7 Å². The van der Waals surface area contributed by atoms with Crippen molar-refractivity contribution in [2.45, 2.75) is 112 Å². The topological polar surface area (TPSA) is 44.8 Å². The molecule has 38 heavy (non-hydrogen) atoms. The minimum absolute atomic E-state index is 0.0111. The van der Waals surface area contributed by atoms with Crippen LogP contribution in [0.4, 0.5) is 0 Å². The van der Waals surface area contributed by atoms with Crippen molar-refractivity contribution in [1.82, 2.24) is 0 Å². The standard InChI is InChI=1S/C34H54O4/c1-12-14-15-16-23(13-2)33(6,7)24-18-28(36-10)30(29(19-24)37-11)25-17-22(21-38-31(35)32(3,4)5)26-20-27(25)34(26,8)9/h17-19,23,25-27H,12-16,20-21H2,1-11H3/t23?,25-,26+,27-/m0/s1. The smallest absolute Gasteiger partial charge is 0.311 e. The van der Waals surface area contributed by atoms with E-state index in [0.29, 0.717) is 24.4 Å². The second-order valence-electron chi connectivity index (χ2n) is 13.9. The second kappa shape index (κ2) is 11.6. The normalized spacial score (nSPS) is 23.2. The molecule has 0 aliphatic heterocycles. The van der Waals surface area contributed by atoms with E-state index >= 15 is 0 Å². The Kier molecular flexibility index (Phi) is 9.37. The van der Waals surface area contributed by atoms with Crippen LogP contribution >= 0.6 is 0 Å². The average molecular weight is 527 g/mol. The molecule has 0 aromatic heterocycles. The van der Waals surface area contributed by atoms with Gasteiger partial charge in [0.25, 0.3) is 0 Å². The summed E-state index contributed by atoms with van der Waals surface area (Å²) in [6, 6.07) is 4.54. The number of hydrogen-bond acceptors (Lipinski definition) is 4. The first-order chi connectivity index (χ1) is 17.7. The fourth-order valence-electron chi connectivity index (χ4n) is 7.05. The number of carbonyl (C=O) groups excluding carboxylic acids is 1. The molecule has 1 unspecified atom stereocenters. The fourth-order valence-corrected chi connectivity index (χ4v) is 7.05. The van der Waals surface area contributed by atoms with E-state index in [4.69, 9.17) is 14.2 Å². The molecule has 3 aliphatic carbocycles. The van der Waals surface area contributed by atoms with E-state index in [9.17, 15) is 4.79 Å². The third kappa shape index (κ3) is 5.80. The Labute approximate surface area is 232 Å². The Morgan fingerprint density at radius 3 is 2.11 bits per heavy atom. The van der Waals surface area contributed by atoms with E-state index in [1.807, 2.05) is 20.8 Å². The van der Waals surface area contributed by atoms with Crippen molar-refractivity contribution in [3.8, 4) is 11.5 Å². The molecule has 0 amide bonds. The number of allylic oxidation sites excluding steroid dienone is 1. The van der Waals surface area contributed by atoms with Gasteiger partial charge in [0.15, 0.2) is 0 Å². The zero-order valence-electron chi connectivity index (χ0n) is 26.1.